The number of rotatable bonds is 8. The van der Waals surface area contributed by atoms with Crippen molar-refractivity contribution in [2.45, 2.75) is 51.0 Å². The highest BCUT2D eigenvalue weighted by Gasteiger charge is 2.26. The van der Waals surface area contributed by atoms with E-state index in [2.05, 4.69) is 10.6 Å². The van der Waals surface area contributed by atoms with Gasteiger partial charge < -0.3 is 25.2 Å². The Kier molecular flexibility index (Phi) is 8.32. The van der Waals surface area contributed by atoms with Gasteiger partial charge in [0.05, 0.1) is 5.92 Å². The van der Waals surface area contributed by atoms with Crippen molar-refractivity contribution in [1.82, 2.24) is 10.6 Å². The van der Waals surface area contributed by atoms with E-state index in [0.717, 1.165) is 51.9 Å². The molecule has 2 rings (SSSR count). The highest BCUT2D eigenvalue weighted by molar-refractivity contribution is 5.74. The first-order chi connectivity index (χ1) is 11.6. The van der Waals surface area contributed by atoms with Crippen LogP contribution in [-0.2, 0) is 14.3 Å². The lowest BCUT2D eigenvalue weighted by Gasteiger charge is -2.26. The van der Waals surface area contributed by atoms with Crippen molar-refractivity contribution in [3.63, 3.8) is 0 Å². The summed E-state index contributed by atoms with van der Waals surface area (Å²) in [6, 6.07) is -0.0800. The number of carbonyl (C=O) groups is 2. The van der Waals surface area contributed by atoms with Crippen molar-refractivity contribution in [3.8, 4) is 0 Å². The Morgan fingerprint density at radius 1 is 1.08 bits per heavy atom. The molecule has 0 spiro atoms. The van der Waals surface area contributed by atoms with E-state index in [9.17, 15) is 9.59 Å². The average Bonchev–Trinajstić information content (AvgIpc) is 2.59. The van der Waals surface area contributed by atoms with E-state index in [0.29, 0.717) is 31.9 Å². The Labute approximate surface area is 143 Å². The summed E-state index contributed by atoms with van der Waals surface area (Å²) in [5.41, 5.74) is 0. The predicted octanol–water partition coefficient (Wildman–Crippen LogP) is 1.76. The van der Waals surface area contributed by atoms with Crippen LogP contribution in [0.3, 0.4) is 0 Å². The number of hydrogen-bond acceptors (Lipinski definition) is 4. The molecule has 1 saturated carbocycles. The molecule has 1 saturated heterocycles. The molecule has 2 aliphatic rings. The first-order valence-electron chi connectivity index (χ1n) is 9.08. The maximum absolute atomic E-state index is 11.8. The van der Waals surface area contributed by atoms with Gasteiger partial charge in [-0.15, -0.1) is 0 Å². The highest BCUT2D eigenvalue weighted by Crippen LogP contribution is 2.24. The fraction of sp³-hybridized carbons (Fsp3) is 0.882. The minimum absolute atomic E-state index is 0.0883. The van der Waals surface area contributed by atoms with Crippen LogP contribution in [0, 0.1) is 11.8 Å². The van der Waals surface area contributed by atoms with Crippen LogP contribution in [-0.4, -0.2) is 56.1 Å². The van der Waals surface area contributed by atoms with Crippen molar-refractivity contribution < 1.29 is 24.2 Å². The van der Waals surface area contributed by atoms with E-state index in [4.69, 9.17) is 14.6 Å². The second-order valence-electron chi connectivity index (χ2n) is 6.77. The Balaban J connectivity index is 1.44. The first-order valence-corrected chi connectivity index (χ1v) is 9.08. The second kappa shape index (κ2) is 10.5. The second-order valence-corrected chi connectivity index (χ2v) is 6.77. The third-order valence-corrected chi connectivity index (χ3v) is 4.86. The van der Waals surface area contributed by atoms with Crippen LogP contribution in [0.5, 0.6) is 0 Å². The lowest BCUT2D eigenvalue weighted by molar-refractivity contribution is -0.142. The molecule has 7 nitrogen and oxygen atoms in total. The number of nitrogens with one attached hydrogen (secondary N) is 2. The zero-order valence-electron chi connectivity index (χ0n) is 14.3. The molecule has 138 valence electrons. The normalized spacial score (nSPS) is 25.2. The van der Waals surface area contributed by atoms with E-state index in [1.165, 1.54) is 0 Å². The molecule has 0 aromatic carbocycles. The molecule has 0 radical (unpaired) electrons. The molecule has 3 N–H and O–H groups in total. The minimum atomic E-state index is -0.723. The summed E-state index contributed by atoms with van der Waals surface area (Å²) in [4.78, 5) is 22.7. The number of aliphatic carboxylic acids is 1. The molecule has 0 aromatic rings. The molecule has 2 fully saturated rings. The van der Waals surface area contributed by atoms with E-state index < -0.39 is 5.97 Å². The number of amides is 2. The van der Waals surface area contributed by atoms with Crippen molar-refractivity contribution >= 4 is 12.0 Å². The van der Waals surface area contributed by atoms with E-state index in [-0.39, 0.29) is 18.0 Å². The quantitative estimate of drug-likeness (QED) is 0.584. The predicted molar refractivity (Wildman–Crippen MR) is 88.9 cm³/mol. The SMILES string of the molecule is O=C(NCCCOCC1CCOCC1)NC1CCC(C(=O)O)CC1. The molecule has 1 aliphatic carbocycles. The van der Waals surface area contributed by atoms with Gasteiger partial charge in [-0.1, -0.05) is 0 Å². The number of carboxylic acids is 1. The number of carbonyl (C=O) groups excluding carboxylic acids is 1. The molecule has 1 aliphatic heterocycles. The van der Waals surface area contributed by atoms with Gasteiger partial charge in [0.25, 0.3) is 0 Å². The lowest BCUT2D eigenvalue weighted by atomic mass is 9.86. The van der Waals surface area contributed by atoms with Crippen LogP contribution >= 0.6 is 0 Å². The topological polar surface area (TPSA) is 96.9 Å². The van der Waals surface area contributed by atoms with Crippen molar-refractivity contribution in [2.75, 3.05) is 33.0 Å². The maximum atomic E-state index is 11.8. The lowest BCUT2D eigenvalue weighted by Crippen LogP contribution is -2.44. The van der Waals surface area contributed by atoms with Gasteiger partial charge in [-0.2, -0.15) is 0 Å². The van der Waals surface area contributed by atoms with Gasteiger partial charge in [-0.25, -0.2) is 4.79 Å². The fourth-order valence-corrected chi connectivity index (χ4v) is 3.26. The Hall–Kier alpha value is -1.34. The zero-order chi connectivity index (χ0) is 17.2. The van der Waals surface area contributed by atoms with Crippen LogP contribution < -0.4 is 10.6 Å². The molecular formula is C17H30N2O5. The monoisotopic (exact) mass is 342 g/mol. The van der Waals surface area contributed by atoms with Crippen LogP contribution in [0.15, 0.2) is 0 Å². The van der Waals surface area contributed by atoms with Gasteiger partial charge in [0.15, 0.2) is 0 Å². The average molecular weight is 342 g/mol. The molecule has 0 atom stereocenters. The largest absolute Gasteiger partial charge is 0.481 e. The van der Waals surface area contributed by atoms with Gasteiger partial charge in [-0.3, -0.25) is 4.79 Å². The number of hydrogen-bond donors (Lipinski definition) is 3. The smallest absolute Gasteiger partial charge is 0.315 e. The van der Waals surface area contributed by atoms with Crippen LogP contribution in [0.1, 0.15) is 44.9 Å². The Bertz CT molecular complexity index is 390. The van der Waals surface area contributed by atoms with Crippen LogP contribution in [0.4, 0.5) is 4.79 Å². The molecule has 7 heteroatoms. The van der Waals surface area contributed by atoms with Crippen molar-refractivity contribution in [1.29, 1.82) is 0 Å². The number of carboxylic acid groups (broad SMARTS) is 1. The first kappa shape index (κ1) is 19.0. The molecule has 2 amide bonds. The van der Waals surface area contributed by atoms with Crippen molar-refractivity contribution in [3.05, 3.63) is 0 Å². The third kappa shape index (κ3) is 7.05. The molecular weight excluding hydrogens is 312 g/mol. The van der Waals surface area contributed by atoms with Crippen LogP contribution in [0.2, 0.25) is 0 Å². The third-order valence-electron chi connectivity index (χ3n) is 4.86. The number of urea groups is 1. The fourth-order valence-electron chi connectivity index (χ4n) is 3.26. The summed E-state index contributed by atoms with van der Waals surface area (Å²) in [7, 11) is 0. The number of ether oxygens (including phenoxy) is 2. The highest BCUT2D eigenvalue weighted by atomic mass is 16.5. The summed E-state index contributed by atoms with van der Waals surface area (Å²) >= 11 is 0. The van der Waals surface area contributed by atoms with Crippen LogP contribution in [0.25, 0.3) is 0 Å². The molecule has 0 bridgehead atoms. The summed E-state index contributed by atoms with van der Waals surface area (Å²) in [5, 5.41) is 14.7. The Morgan fingerprint density at radius 2 is 1.79 bits per heavy atom. The van der Waals surface area contributed by atoms with Gasteiger partial charge in [0, 0.05) is 39.0 Å². The zero-order valence-corrected chi connectivity index (χ0v) is 14.3. The summed E-state index contributed by atoms with van der Waals surface area (Å²) in [6.07, 6.45) is 5.69. The molecule has 1 heterocycles. The summed E-state index contributed by atoms with van der Waals surface area (Å²) in [6.45, 7) is 3.70. The van der Waals surface area contributed by atoms with Gasteiger partial charge in [-0.05, 0) is 50.9 Å². The summed E-state index contributed by atoms with van der Waals surface area (Å²) in [5.74, 6) is -0.367. The molecule has 0 unspecified atom stereocenters. The van der Waals surface area contributed by atoms with E-state index in [1.807, 2.05) is 0 Å². The molecule has 24 heavy (non-hydrogen) atoms. The summed E-state index contributed by atoms with van der Waals surface area (Å²) < 4.78 is 11.0. The van der Waals surface area contributed by atoms with Gasteiger partial charge in [0.2, 0.25) is 0 Å². The van der Waals surface area contributed by atoms with Gasteiger partial charge >= 0.3 is 12.0 Å². The van der Waals surface area contributed by atoms with Gasteiger partial charge in [0.1, 0.15) is 0 Å². The van der Waals surface area contributed by atoms with E-state index >= 15 is 0 Å². The Morgan fingerprint density at radius 3 is 2.46 bits per heavy atom. The maximum Gasteiger partial charge on any atom is 0.315 e. The minimum Gasteiger partial charge on any atom is -0.481 e. The molecule has 0 aromatic heterocycles. The van der Waals surface area contributed by atoms with E-state index in [1.54, 1.807) is 0 Å². The van der Waals surface area contributed by atoms with Crippen molar-refractivity contribution in [2.24, 2.45) is 11.8 Å². The standard InChI is InChI=1S/C17H30N2O5/c20-16(21)14-2-4-15(5-3-14)19-17(22)18-8-1-9-24-12-13-6-10-23-11-7-13/h13-15H,1-12H2,(H,20,21)(H2,18,19,22).